The lowest BCUT2D eigenvalue weighted by atomic mass is 9.95. The minimum atomic E-state index is -0.137. The second-order valence-corrected chi connectivity index (χ2v) is 12.8. The molecular weight excluding hydrogens is 574 g/mol. The molecule has 4 heterocycles. The predicted octanol–water partition coefficient (Wildman–Crippen LogP) is 6.62. The molecule has 6 rings (SSSR count). The van der Waals surface area contributed by atoms with Gasteiger partial charge in [-0.05, 0) is 81.8 Å². The molecule has 0 spiro atoms. The SMILES string of the molecule is CCCNC(=O)N1CCc2c(nc(C)n2C2C[C@H]3CC[C@@H](C2)N3CCCN(C(=O)Nc2ccc(Cl)cc2)c2ccccc2)C1. The average molecular weight is 618 g/mol. The van der Waals surface area contributed by atoms with Crippen LogP contribution in [0.15, 0.2) is 54.6 Å². The number of halogens is 1. The number of nitrogens with zero attached hydrogens (tertiary/aromatic N) is 5. The molecule has 0 saturated carbocycles. The number of carbonyl (C=O) groups excluding carboxylic acids is 2. The van der Waals surface area contributed by atoms with Gasteiger partial charge in [-0.1, -0.05) is 36.7 Å². The normalized spacial score (nSPS) is 21.2. The molecular formula is C34H44ClN7O2. The van der Waals surface area contributed by atoms with Gasteiger partial charge in [0.1, 0.15) is 5.82 Å². The van der Waals surface area contributed by atoms with Crippen molar-refractivity contribution in [3.05, 3.63) is 76.8 Å². The van der Waals surface area contributed by atoms with Crippen molar-refractivity contribution in [1.82, 2.24) is 24.7 Å². The first-order valence-corrected chi connectivity index (χ1v) is 16.5. The Hall–Kier alpha value is -3.56. The maximum absolute atomic E-state index is 13.4. The van der Waals surface area contributed by atoms with Crippen molar-refractivity contribution in [2.24, 2.45) is 0 Å². The van der Waals surface area contributed by atoms with Crippen molar-refractivity contribution in [2.75, 3.05) is 36.4 Å². The van der Waals surface area contributed by atoms with E-state index in [9.17, 15) is 9.59 Å². The van der Waals surface area contributed by atoms with Crippen LogP contribution in [-0.2, 0) is 13.0 Å². The number of aryl methyl sites for hydroxylation is 1. The fourth-order valence-corrected chi connectivity index (χ4v) is 7.58. The van der Waals surface area contributed by atoms with E-state index in [1.54, 1.807) is 12.1 Å². The summed E-state index contributed by atoms with van der Waals surface area (Å²) in [5.41, 5.74) is 4.01. The van der Waals surface area contributed by atoms with Crippen LogP contribution < -0.4 is 15.5 Å². The van der Waals surface area contributed by atoms with Crippen molar-refractivity contribution >= 4 is 35.0 Å². The first-order valence-electron chi connectivity index (χ1n) is 16.2. The highest BCUT2D eigenvalue weighted by Gasteiger charge is 2.42. The summed E-state index contributed by atoms with van der Waals surface area (Å²) in [4.78, 5) is 37.4. The molecule has 2 fully saturated rings. The second kappa shape index (κ2) is 13.6. The Morgan fingerprint density at radius 1 is 1.02 bits per heavy atom. The lowest BCUT2D eigenvalue weighted by Gasteiger charge is -2.41. The van der Waals surface area contributed by atoms with Crippen molar-refractivity contribution < 1.29 is 9.59 Å². The van der Waals surface area contributed by atoms with Crippen molar-refractivity contribution in [3.8, 4) is 0 Å². The van der Waals surface area contributed by atoms with Crippen molar-refractivity contribution in [2.45, 2.75) is 83.5 Å². The fraction of sp³-hybridized carbons (Fsp3) is 0.500. The summed E-state index contributed by atoms with van der Waals surface area (Å²) in [7, 11) is 0. The van der Waals surface area contributed by atoms with Crippen LogP contribution in [-0.4, -0.2) is 69.7 Å². The van der Waals surface area contributed by atoms with Gasteiger partial charge in [0.05, 0.1) is 12.2 Å². The number of hydrogen-bond donors (Lipinski definition) is 2. The summed E-state index contributed by atoms with van der Waals surface area (Å²) >= 11 is 6.04. The van der Waals surface area contributed by atoms with E-state index >= 15 is 0 Å². The number of aromatic nitrogens is 2. The maximum atomic E-state index is 13.4. The third kappa shape index (κ3) is 6.59. The Morgan fingerprint density at radius 2 is 1.75 bits per heavy atom. The van der Waals surface area contributed by atoms with Gasteiger partial charge in [0, 0.05) is 72.8 Å². The smallest absolute Gasteiger partial charge is 0.326 e. The Morgan fingerprint density at radius 3 is 2.45 bits per heavy atom. The summed E-state index contributed by atoms with van der Waals surface area (Å²) in [6.45, 7) is 7.85. The Balaban J connectivity index is 1.08. The minimum Gasteiger partial charge on any atom is -0.338 e. The Labute approximate surface area is 265 Å². The van der Waals surface area contributed by atoms with Crippen LogP contribution in [0, 0.1) is 6.92 Å². The van der Waals surface area contributed by atoms with Gasteiger partial charge in [0.2, 0.25) is 0 Å². The van der Waals surface area contributed by atoms with E-state index in [0.29, 0.717) is 42.8 Å². The topological polar surface area (TPSA) is 85.7 Å². The molecule has 4 amide bonds. The van der Waals surface area contributed by atoms with E-state index in [2.05, 4.69) is 33.9 Å². The quantitative estimate of drug-likeness (QED) is 0.283. The molecule has 0 aliphatic carbocycles. The van der Waals surface area contributed by atoms with E-state index in [0.717, 1.165) is 68.1 Å². The number of nitrogens with one attached hydrogen (secondary N) is 2. The molecule has 3 aliphatic rings. The summed E-state index contributed by atoms with van der Waals surface area (Å²) < 4.78 is 2.51. The highest BCUT2D eigenvalue weighted by atomic mass is 35.5. The molecule has 1 unspecified atom stereocenters. The highest BCUT2D eigenvalue weighted by molar-refractivity contribution is 6.30. The third-order valence-corrected chi connectivity index (χ3v) is 9.73. The highest BCUT2D eigenvalue weighted by Crippen LogP contribution is 2.42. The molecule has 3 aliphatic heterocycles. The van der Waals surface area contributed by atoms with Gasteiger partial charge in [0.15, 0.2) is 0 Å². The molecule has 3 atom stereocenters. The van der Waals surface area contributed by atoms with Crippen LogP contribution in [0.5, 0.6) is 0 Å². The molecule has 2 aromatic carbocycles. The molecule has 2 N–H and O–H groups in total. The van der Waals surface area contributed by atoms with Gasteiger partial charge < -0.3 is 20.1 Å². The lowest BCUT2D eigenvalue weighted by molar-refractivity contribution is 0.104. The Bertz CT molecular complexity index is 1430. The lowest BCUT2D eigenvalue weighted by Crippen LogP contribution is -2.46. The zero-order chi connectivity index (χ0) is 30.6. The average Bonchev–Trinajstić information content (AvgIpc) is 3.48. The summed E-state index contributed by atoms with van der Waals surface area (Å²) in [5.74, 6) is 1.08. The van der Waals surface area contributed by atoms with Crippen LogP contribution >= 0.6 is 11.6 Å². The molecule has 10 heteroatoms. The van der Waals surface area contributed by atoms with E-state index < -0.39 is 0 Å². The van der Waals surface area contributed by atoms with E-state index in [4.69, 9.17) is 16.6 Å². The van der Waals surface area contributed by atoms with Crippen molar-refractivity contribution in [1.29, 1.82) is 0 Å². The predicted molar refractivity (Wildman–Crippen MR) is 175 cm³/mol. The number of carbonyl (C=O) groups is 2. The minimum absolute atomic E-state index is 0.0179. The second-order valence-electron chi connectivity index (χ2n) is 12.4. The first kappa shape index (κ1) is 30.5. The number of amides is 4. The number of piperidine rings is 1. The summed E-state index contributed by atoms with van der Waals surface area (Å²) in [6, 6.07) is 18.5. The number of hydrogen-bond acceptors (Lipinski definition) is 4. The van der Waals surface area contributed by atoms with Gasteiger partial charge in [0.25, 0.3) is 0 Å². The number of imidazole rings is 1. The van der Waals surface area contributed by atoms with E-state index in [1.807, 2.05) is 52.3 Å². The van der Waals surface area contributed by atoms with Crippen LogP contribution in [0.3, 0.4) is 0 Å². The zero-order valence-electron chi connectivity index (χ0n) is 25.8. The number of urea groups is 2. The number of fused-ring (bicyclic) bond motifs is 3. The van der Waals surface area contributed by atoms with Gasteiger partial charge in [-0.15, -0.1) is 0 Å². The molecule has 2 saturated heterocycles. The molecule has 1 aromatic heterocycles. The van der Waals surface area contributed by atoms with Gasteiger partial charge in [-0.25, -0.2) is 14.6 Å². The number of anilines is 2. The first-order chi connectivity index (χ1) is 21.4. The molecule has 9 nitrogen and oxygen atoms in total. The number of para-hydroxylation sites is 1. The summed E-state index contributed by atoms with van der Waals surface area (Å²) in [6.07, 6.45) is 7.39. The summed E-state index contributed by atoms with van der Waals surface area (Å²) in [5, 5.41) is 6.69. The van der Waals surface area contributed by atoms with Crippen LogP contribution in [0.1, 0.15) is 68.7 Å². The third-order valence-electron chi connectivity index (χ3n) is 9.47. The molecule has 234 valence electrons. The van der Waals surface area contributed by atoms with Gasteiger partial charge in [-0.3, -0.25) is 9.80 Å². The molecule has 3 aromatic rings. The zero-order valence-corrected chi connectivity index (χ0v) is 26.6. The largest absolute Gasteiger partial charge is 0.338 e. The standard InChI is InChI=1S/C34H44ClN7O2/c1-3-17-36-33(43)39-20-16-32-31(23-39)37-24(2)42(32)30-21-28-14-15-29(22-30)40(28)18-7-19-41(27-8-5-4-6-9-27)34(44)38-26-12-10-25(35)11-13-26/h4-6,8-13,28-30H,3,7,14-23H2,1-2H3,(H,36,43)(H,38,44)/t28-,29+,30?. The van der Waals surface area contributed by atoms with E-state index in [-0.39, 0.29) is 12.1 Å². The molecule has 0 radical (unpaired) electrons. The number of rotatable bonds is 9. The fourth-order valence-electron chi connectivity index (χ4n) is 7.45. The maximum Gasteiger partial charge on any atom is 0.326 e. The van der Waals surface area contributed by atoms with Crippen LogP contribution in [0.25, 0.3) is 0 Å². The van der Waals surface area contributed by atoms with Crippen LogP contribution in [0.4, 0.5) is 21.0 Å². The Kier molecular flexibility index (Phi) is 9.42. The molecule has 2 bridgehead atoms. The molecule has 44 heavy (non-hydrogen) atoms. The monoisotopic (exact) mass is 617 g/mol. The van der Waals surface area contributed by atoms with Gasteiger partial charge in [-0.2, -0.15) is 0 Å². The van der Waals surface area contributed by atoms with Crippen LogP contribution in [0.2, 0.25) is 5.02 Å². The van der Waals surface area contributed by atoms with Crippen molar-refractivity contribution in [3.63, 3.8) is 0 Å². The number of benzene rings is 2. The van der Waals surface area contributed by atoms with E-state index in [1.165, 1.54) is 18.5 Å². The van der Waals surface area contributed by atoms with Gasteiger partial charge >= 0.3 is 12.1 Å².